The number of benzene rings is 1. The van der Waals surface area contributed by atoms with Gasteiger partial charge in [0.15, 0.2) is 15.5 Å². The average Bonchev–Trinajstić information content (AvgIpc) is 2.84. The molecule has 0 aliphatic rings. The maximum Gasteiger partial charge on any atom is 0.223 e. The highest BCUT2D eigenvalue weighted by Gasteiger charge is 2.17. The van der Waals surface area contributed by atoms with Crippen molar-refractivity contribution in [2.75, 3.05) is 20.0 Å². The number of hydrogen-bond acceptors (Lipinski definition) is 6. The Labute approximate surface area is 145 Å². The van der Waals surface area contributed by atoms with Gasteiger partial charge in [0.1, 0.15) is 17.0 Å². The molecule has 0 unspecified atom stereocenters. The zero-order chi connectivity index (χ0) is 16.6. The van der Waals surface area contributed by atoms with Gasteiger partial charge >= 0.3 is 0 Å². The Balaban J connectivity index is 2.13. The fourth-order valence-electron chi connectivity index (χ4n) is 2.27. The largest absolute Gasteiger partial charge is 0.497 e. The molecule has 0 saturated heterocycles. The van der Waals surface area contributed by atoms with Gasteiger partial charge in [-0.25, -0.2) is 4.98 Å². The molecule has 0 amide bonds. The number of imidazole rings is 1. The van der Waals surface area contributed by atoms with Gasteiger partial charge in [-0.3, -0.25) is 4.57 Å². The van der Waals surface area contributed by atoms with Crippen LogP contribution in [0.15, 0.2) is 22.9 Å². The molecule has 120 valence electrons. The molecule has 2 N–H and O–H groups in total. The van der Waals surface area contributed by atoms with E-state index in [1.165, 1.54) is 0 Å². The molecule has 3 aromatic rings. The molecule has 0 saturated carbocycles. The van der Waals surface area contributed by atoms with Gasteiger partial charge in [-0.15, -0.1) is 0 Å². The normalized spacial score (nSPS) is 11.0. The highest BCUT2D eigenvalue weighted by Crippen LogP contribution is 2.29. The minimum absolute atomic E-state index is 0.0914. The molecule has 9 heteroatoms. The monoisotopic (exact) mass is 397 g/mol. The van der Waals surface area contributed by atoms with Crippen molar-refractivity contribution in [1.29, 1.82) is 0 Å². The van der Waals surface area contributed by atoms with Crippen molar-refractivity contribution in [3.63, 3.8) is 0 Å². The summed E-state index contributed by atoms with van der Waals surface area (Å²) in [5.41, 5.74) is 7.62. The summed E-state index contributed by atoms with van der Waals surface area (Å²) in [5.74, 6) is 1.55. The number of rotatable bonds is 4. The lowest BCUT2D eigenvalue weighted by Crippen LogP contribution is -2.05. The van der Waals surface area contributed by atoms with E-state index in [0.29, 0.717) is 22.4 Å². The summed E-state index contributed by atoms with van der Waals surface area (Å²) in [6, 6.07) is 5.57. The van der Waals surface area contributed by atoms with Crippen LogP contribution in [0.2, 0.25) is 5.15 Å². The topological polar surface area (TPSA) is 88.1 Å². The Morgan fingerprint density at radius 3 is 2.70 bits per heavy atom. The SMILES string of the molecule is COc1ccc(OC)c(Cn2c(Br)nc3c(Cl)nc(N)nc32)c1. The third kappa shape index (κ3) is 2.91. The highest BCUT2D eigenvalue weighted by molar-refractivity contribution is 9.10. The molecule has 2 aromatic heterocycles. The van der Waals surface area contributed by atoms with Crippen LogP contribution in [0.1, 0.15) is 5.56 Å². The van der Waals surface area contributed by atoms with Gasteiger partial charge in [0.25, 0.3) is 0 Å². The number of aromatic nitrogens is 4. The van der Waals surface area contributed by atoms with Crippen LogP contribution in [-0.2, 0) is 6.54 Å². The van der Waals surface area contributed by atoms with Crippen molar-refractivity contribution in [3.05, 3.63) is 33.6 Å². The molecule has 0 fully saturated rings. The van der Waals surface area contributed by atoms with E-state index < -0.39 is 0 Å². The molecule has 2 heterocycles. The van der Waals surface area contributed by atoms with Gasteiger partial charge in [0.2, 0.25) is 5.95 Å². The van der Waals surface area contributed by atoms with Gasteiger partial charge in [-0.05, 0) is 34.1 Å². The minimum Gasteiger partial charge on any atom is -0.497 e. The second-order valence-corrected chi connectivity index (χ2v) is 5.76. The first-order valence-electron chi connectivity index (χ1n) is 6.59. The van der Waals surface area contributed by atoms with Crippen molar-refractivity contribution >= 4 is 44.6 Å². The Hall–Kier alpha value is -2.06. The molecular weight excluding hydrogens is 386 g/mol. The van der Waals surface area contributed by atoms with Gasteiger partial charge in [-0.1, -0.05) is 11.6 Å². The van der Waals surface area contributed by atoms with Crippen molar-refractivity contribution < 1.29 is 9.47 Å². The molecule has 0 radical (unpaired) electrons. The number of nitrogen functional groups attached to an aromatic ring is 1. The standard InChI is InChI=1S/C14H13BrClN5O2/c1-22-8-3-4-9(23-2)7(5-8)6-21-12-10(18-13(21)15)11(16)19-14(17)20-12/h3-5H,6H2,1-2H3,(H2,17,19,20). The van der Waals surface area contributed by atoms with Crippen LogP contribution in [0.25, 0.3) is 11.2 Å². The number of nitrogens with zero attached hydrogens (tertiary/aromatic N) is 4. The summed E-state index contributed by atoms with van der Waals surface area (Å²) in [6.45, 7) is 0.449. The Morgan fingerprint density at radius 2 is 2.00 bits per heavy atom. The minimum atomic E-state index is 0.0914. The number of anilines is 1. The maximum atomic E-state index is 6.08. The Bertz CT molecular complexity index is 883. The first-order valence-corrected chi connectivity index (χ1v) is 7.76. The lowest BCUT2D eigenvalue weighted by atomic mass is 10.2. The van der Waals surface area contributed by atoms with Gasteiger partial charge in [0, 0.05) is 5.56 Å². The van der Waals surface area contributed by atoms with Crippen molar-refractivity contribution in [2.24, 2.45) is 0 Å². The van der Waals surface area contributed by atoms with E-state index >= 15 is 0 Å². The number of methoxy groups -OCH3 is 2. The highest BCUT2D eigenvalue weighted by atomic mass is 79.9. The fraction of sp³-hybridized carbons (Fsp3) is 0.214. The summed E-state index contributed by atoms with van der Waals surface area (Å²) in [4.78, 5) is 12.5. The average molecular weight is 399 g/mol. The second kappa shape index (κ2) is 6.21. The van der Waals surface area contributed by atoms with Crippen LogP contribution in [-0.4, -0.2) is 33.7 Å². The smallest absolute Gasteiger partial charge is 0.223 e. The molecule has 0 bridgehead atoms. The lowest BCUT2D eigenvalue weighted by Gasteiger charge is -2.12. The summed E-state index contributed by atoms with van der Waals surface area (Å²) in [5, 5.41) is 0.213. The van der Waals surface area contributed by atoms with E-state index in [1.807, 2.05) is 22.8 Å². The maximum absolute atomic E-state index is 6.08. The molecule has 23 heavy (non-hydrogen) atoms. The van der Waals surface area contributed by atoms with Crippen molar-refractivity contribution in [1.82, 2.24) is 19.5 Å². The summed E-state index contributed by atoms with van der Waals surface area (Å²) in [7, 11) is 3.23. The predicted octanol–water partition coefficient (Wildman–Crippen LogP) is 2.89. The molecule has 7 nitrogen and oxygen atoms in total. The van der Waals surface area contributed by atoms with E-state index in [2.05, 4.69) is 30.9 Å². The number of halogens is 2. The van der Waals surface area contributed by atoms with Crippen LogP contribution < -0.4 is 15.2 Å². The summed E-state index contributed by atoms with van der Waals surface area (Å²) in [6.07, 6.45) is 0. The van der Waals surface area contributed by atoms with Crippen LogP contribution >= 0.6 is 27.5 Å². The van der Waals surface area contributed by atoms with E-state index in [-0.39, 0.29) is 11.1 Å². The van der Waals surface area contributed by atoms with E-state index in [9.17, 15) is 0 Å². The Morgan fingerprint density at radius 1 is 1.22 bits per heavy atom. The van der Waals surface area contributed by atoms with E-state index in [1.54, 1.807) is 14.2 Å². The van der Waals surface area contributed by atoms with E-state index in [0.717, 1.165) is 17.1 Å². The molecule has 0 aliphatic carbocycles. The van der Waals surface area contributed by atoms with Gasteiger partial charge in [0.05, 0.1) is 20.8 Å². The second-order valence-electron chi connectivity index (χ2n) is 4.69. The van der Waals surface area contributed by atoms with Crippen LogP contribution in [0.4, 0.5) is 5.95 Å². The van der Waals surface area contributed by atoms with Crippen LogP contribution in [0.5, 0.6) is 11.5 Å². The molecule has 0 spiro atoms. The molecule has 0 atom stereocenters. The lowest BCUT2D eigenvalue weighted by molar-refractivity contribution is 0.397. The van der Waals surface area contributed by atoms with Gasteiger partial charge < -0.3 is 15.2 Å². The van der Waals surface area contributed by atoms with Gasteiger partial charge in [-0.2, -0.15) is 9.97 Å². The summed E-state index contributed by atoms with van der Waals surface area (Å²) < 4.78 is 13.1. The summed E-state index contributed by atoms with van der Waals surface area (Å²) >= 11 is 9.50. The molecule has 1 aromatic carbocycles. The zero-order valence-corrected chi connectivity index (χ0v) is 14.7. The third-order valence-electron chi connectivity index (χ3n) is 3.34. The van der Waals surface area contributed by atoms with Crippen molar-refractivity contribution in [3.8, 4) is 11.5 Å². The van der Waals surface area contributed by atoms with Crippen LogP contribution in [0, 0.1) is 0 Å². The predicted molar refractivity (Wildman–Crippen MR) is 91.1 cm³/mol. The fourth-order valence-corrected chi connectivity index (χ4v) is 2.96. The molecule has 0 aliphatic heterocycles. The Kier molecular flexibility index (Phi) is 4.27. The molecule has 3 rings (SSSR count). The van der Waals surface area contributed by atoms with Crippen molar-refractivity contribution in [2.45, 2.75) is 6.54 Å². The zero-order valence-electron chi connectivity index (χ0n) is 12.4. The number of fused-ring (bicyclic) bond motifs is 1. The van der Waals surface area contributed by atoms with Crippen LogP contribution in [0.3, 0.4) is 0 Å². The first kappa shape index (κ1) is 15.8. The van der Waals surface area contributed by atoms with E-state index in [4.69, 9.17) is 26.8 Å². The number of ether oxygens (including phenoxy) is 2. The molecular formula is C14H13BrClN5O2. The third-order valence-corrected chi connectivity index (χ3v) is 4.21. The first-order chi connectivity index (χ1) is 11.0. The number of hydrogen-bond donors (Lipinski definition) is 1. The quantitative estimate of drug-likeness (QED) is 0.537. The number of nitrogens with two attached hydrogens (primary N) is 1.